The highest BCUT2D eigenvalue weighted by Crippen LogP contribution is 2.37. The molecular formula is C18H29BN2O3. The molecule has 2 aliphatic heterocycles. The minimum absolute atomic E-state index is 0.328. The van der Waals surface area contributed by atoms with Gasteiger partial charge in [0, 0.05) is 26.2 Å². The predicted octanol–water partition coefficient (Wildman–Crippen LogP) is 1.75. The van der Waals surface area contributed by atoms with Crippen LogP contribution in [0.25, 0.3) is 0 Å². The molecule has 0 amide bonds. The summed E-state index contributed by atoms with van der Waals surface area (Å²) in [7, 11) is 3.55. The fourth-order valence-corrected chi connectivity index (χ4v) is 3.13. The van der Waals surface area contributed by atoms with E-state index in [1.54, 1.807) is 7.11 Å². The van der Waals surface area contributed by atoms with E-state index >= 15 is 0 Å². The first kappa shape index (κ1) is 17.6. The first-order valence-corrected chi connectivity index (χ1v) is 8.70. The van der Waals surface area contributed by atoms with E-state index in [0.717, 1.165) is 43.1 Å². The van der Waals surface area contributed by atoms with Gasteiger partial charge in [0.15, 0.2) is 0 Å². The second-order valence-electron chi connectivity index (χ2n) is 7.81. The molecule has 24 heavy (non-hydrogen) atoms. The average Bonchev–Trinajstić information content (AvgIpc) is 2.75. The van der Waals surface area contributed by atoms with Crippen LogP contribution >= 0.6 is 0 Å². The molecule has 1 aromatic rings. The zero-order valence-corrected chi connectivity index (χ0v) is 15.8. The molecule has 0 spiro atoms. The molecule has 6 heteroatoms. The molecule has 0 bridgehead atoms. The Hall–Kier alpha value is -1.24. The maximum Gasteiger partial charge on any atom is 0.494 e. The Morgan fingerprint density at radius 1 is 1.00 bits per heavy atom. The van der Waals surface area contributed by atoms with Gasteiger partial charge in [0.2, 0.25) is 0 Å². The Labute approximate surface area is 146 Å². The number of likely N-dealkylation sites (N-methyl/N-ethyl adjacent to an activating group) is 1. The van der Waals surface area contributed by atoms with Crippen LogP contribution in [0.3, 0.4) is 0 Å². The van der Waals surface area contributed by atoms with Crippen molar-refractivity contribution >= 4 is 18.3 Å². The third-order valence-electron chi connectivity index (χ3n) is 5.57. The Kier molecular flexibility index (Phi) is 4.58. The maximum atomic E-state index is 6.19. The first-order valence-electron chi connectivity index (χ1n) is 8.70. The summed E-state index contributed by atoms with van der Waals surface area (Å²) in [5, 5.41) is 0. The predicted molar refractivity (Wildman–Crippen MR) is 98.4 cm³/mol. The van der Waals surface area contributed by atoms with Crippen LogP contribution in [0.2, 0.25) is 0 Å². The number of piperazine rings is 1. The summed E-state index contributed by atoms with van der Waals surface area (Å²) in [6.07, 6.45) is 0. The molecule has 2 aliphatic rings. The quantitative estimate of drug-likeness (QED) is 0.788. The lowest BCUT2D eigenvalue weighted by atomic mass is 9.78. The molecule has 0 aliphatic carbocycles. The number of hydrogen-bond donors (Lipinski definition) is 0. The number of benzene rings is 1. The van der Waals surface area contributed by atoms with Gasteiger partial charge in [-0.15, -0.1) is 0 Å². The lowest BCUT2D eigenvalue weighted by Crippen LogP contribution is -2.45. The fraction of sp³-hybridized carbons (Fsp3) is 0.667. The van der Waals surface area contributed by atoms with E-state index in [-0.39, 0.29) is 18.3 Å². The van der Waals surface area contributed by atoms with Crippen molar-refractivity contribution in [3.63, 3.8) is 0 Å². The molecule has 0 atom stereocenters. The van der Waals surface area contributed by atoms with Crippen LogP contribution in [0.5, 0.6) is 5.75 Å². The highest BCUT2D eigenvalue weighted by atomic mass is 16.7. The van der Waals surface area contributed by atoms with Gasteiger partial charge >= 0.3 is 7.12 Å². The standard InChI is InChI=1S/C18H29BN2O3/c1-17(2)18(3,4)24-19(23-17)14-7-8-16(22-6)15(13-14)21-11-9-20(5)10-12-21/h7-8,13H,9-12H2,1-6H3. The lowest BCUT2D eigenvalue weighted by molar-refractivity contribution is 0.00578. The number of nitrogens with zero attached hydrogens (tertiary/aromatic N) is 2. The van der Waals surface area contributed by atoms with Gasteiger partial charge in [-0.25, -0.2) is 0 Å². The zero-order chi connectivity index (χ0) is 17.5. The van der Waals surface area contributed by atoms with E-state index in [4.69, 9.17) is 14.0 Å². The molecule has 0 unspecified atom stereocenters. The van der Waals surface area contributed by atoms with Gasteiger partial charge in [0.05, 0.1) is 24.0 Å². The molecule has 2 saturated heterocycles. The Morgan fingerprint density at radius 3 is 2.12 bits per heavy atom. The topological polar surface area (TPSA) is 34.2 Å². The van der Waals surface area contributed by atoms with Gasteiger partial charge in [0.25, 0.3) is 0 Å². The van der Waals surface area contributed by atoms with Crippen LogP contribution in [-0.4, -0.2) is 63.6 Å². The van der Waals surface area contributed by atoms with E-state index in [0.29, 0.717) is 0 Å². The fourth-order valence-electron chi connectivity index (χ4n) is 3.13. The number of methoxy groups -OCH3 is 1. The van der Waals surface area contributed by atoms with Crippen molar-refractivity contribution in [2.24, 2.45) is 0 Å². The summed E-state index contributed by atoms with van der Waals surface area (Å²) < 4.78 is 18.0. The summed E-state index contributed by atoms with van der Waals surface area (Å²) in [4.78, 5) is 4.73. The van der Waals surface area contributed by atoms with Crippen LogP contribution in [0.15, 0.2) is 18.2 Å². The molecule has 0 saturated carbocycles. The second kappa shape index (κ2) is 6.25. The summed E-state index contributed by atoms with van der Waals surface area (Å²) in [6.45, 7) is 12.4. The molecule has 132 valence electrons. The van der Waals surface area contributed by atoms with Crippen molar-refractivity contribution in [1.29, 1.82) is 0 Å². The summed E-state index contributed by atoms with van der Waals surface area (Å²) >= 11 is 0. The third kappa shape index (κ3) is 3.15. The largest absolute Gasteiger partial charge is 0.495 e. The minimum Gasteiger partial charge on any atom is -0.495 e. The van der Waals surface area contributed by atoms with E-state index in [1.165, 1.54) is 0 Å². The summed E-state index contributed by atoms with van der Waals surface area (Å²) in [5.41, 5.74) is 1.51. The van der Waals surface area contributed by atoms with Crippen molar-refractivity contribution in [1.82, 2.24) is 4.90 Å². The molecule has 0 N–H and O–H groups in total. The van der Waals surface area contributed by atoms with Gasteiger partial charge in [-0.1, -0.05) is 6.07 Å². The van der Waals surface area contributed by atoms with E-state index in [2.05, 4.69) is 50.6 Å². The summed E-state index contributed by atoms with van der Waals surface area (Å²) in [6, 6.07) is 6.22. The van der Waals surface area contributed by atoms with Gasteiger partial charge in [-0.05, 0) is 52.3 Å². The molecule has 2 fully saturated rings. The van der Waals surface area contributed by atoms with E-state index in [1.807, 2.05) is 12.1 Å². The number of hydrogen-bond acceptors (Lipinski definition) is 5. The van der Waals surface area contributed by atoms with Gasteiger partial charge < -0.3 is 23.8 Å². The third-order valence-corrected chi connectivity index (χ3v) is 5.57. The van der Waals surface area contributed by atoms with Crippen LogP contribution in [-0.2, 0) is 9.31 Å². The van der Waals surface area contributed by atoms with Gasteiger partial charge in [-0.3, -0.25) is 0 Å². The maximum absolute atomic E-state index is 6.19. The Balaban J connectivity index is 1.87. The Bertz CT molecular complexity index is 582. The van der Waals surface area contributed by atoms with Crippen molar-refractivity contribution in [3.8, 4) is 5.75 Å². The highest BCUT2D eigenvalue weighted by Gasteiger charge is 2.51. The number of rotatable bonds is 3. The number of ether oxygens (including phenoxy) is 1. The molecule has 5 nitrogen and oxygen atoms in total. The molecule has 1 aromatic carbocycles. The molecular weight excluding hydrogens is 303 g/mol. The van der Waals surface area contributed by atoms with Crippen LogP contribution in [0, 0.1) is 0 Å². The van der Waals surface area contributed by atoms with Crippen molar-refractivity contribution in [2.75, 3.05) is 45.2 Å². The zero-order valence-electron chi connectivity index (χ0n) is 15.8. The van der Waals surface area contributed by atoms with Gasteiger partial charge in [-0.2, -0.15) is 0 Å². The molecule has 0 radical (unpaired) electrons. The lowest BCUT2D eigenvalue weighted by Gasteiger charge is -2.35. The monoisotopic (exact) mass is 332 g/mol. The Morgan fingerprint density at radius 2 is 1.58 bits per heavy atom. The van der Waals surface area contributed by atoms with Crippen LogP contribution < -0.4 is 15.1 Å². The van der Waals surface area contributed by atoms with E-state index < -0.39 is 0 Å². The average molecular weight is 332 g/mol. The number of anilines is 1. The second-order valence-corrected chi connectivity index (χ2v) is 7.81. The SMILES string of the molecule is COc1ccc(B2OC(C)(C)C(C)(C)O2)cc1N1CCN(C)CC1. The van der Waals surface area contributed by atoms with Crippen LogP contribution in [0.1, 0.15) is 27.7 Å². The minimum atomic E-state index is -0.341. The van der Waals surface area contributed by atoms with Crippen molar-refractivity contribution in [3.05, 3.63) is 18.2 Å². The van der Waals surface area contributed by atoms with Gasteiger partial charge in [0.1, 0.15) is 5.75 Å². The van der Waals surface area contributed by atoms with E-state index in [9.17, 15) is 0 Å². The molecule has 2 heterocycles. The normalized spacial score (nSPS) is 23.6. The molecule has 3 rings (SSSR count). The van der Waals surface area contributed by atoms with Crippen molar-refractivity contribution in [2.45, 2.75) is 38.9 Å². The first-order chi connectivity index (χ1) is 11.2. The highest BCUT2D eigenvalue weighted by molar-refractivity contribution is 6.62. The smallest absolute Gasteiger partial charge is 0.494 e. The summed E-state index contributed by atoms with van der Waals surface area (Å²) in [5.74, 6) is 0.903. The molecule has 0 aromatic heterocycles. The van der Waals surface area contributed by atoms with Crippen molar-refractivity contribution < 1.29 is 14.0 Å². The van der Waals surface area contributed by atoms with Crippen LogP contribution in [0.4, 0.5) is 5.69 Å².